The minimum Gasteiger partial charge on any atom is -0.469 e. The van der Waals surface area contributed by atoms with E-state index in [4.69, 9.17) is 10.2 Å². The molecular formula is C26H34O7. The van der Waals surface area contributed by atoms with Gasteiger partial charge in [0.15, 0.2) is 5.78 Å². The molecule has 180 valence electrons. The Labute approximate surface area is 195 Å². The van der Waals surface area contributed by atoms with Crippen LogP contribution in [0.15, 0.2) is 48.5 Å². The molecule has 2 aromatic carbocycles. The Morgan fingerprint density at radius 2 is 1.06 bits per heavy atom. The van der Waals surface area contributed by atoms with E-state index in [1.54, 1.807) is 12.1 Å². The summed E-state index contributed by atoms with van der Waals surface area (Å²) in [6, 6.07) is 15.2. The summed E-state index contributed by atoms with van der Waals surface area (Å²) in [5.74, 6) is -0.613. The number of benzene rings is 2. The highest BCUT2D eigenvalue weighted by Crippen LogP contribution is 2.10. The molecule has 0 atom stereocenters. The van der Waals surface area contributed by atoms with Gasteiger partial charge in [-0.15, -0.1) is 0 Å². The molecule has 0 aliphatic carbocycles. The quantitative estimate of drug-likeness (QED) is 0.371. The number of rotatable bonds is 12. The Kier molecular flexibility index (Phi) is 14.1. The number of aryl methyl sites for hydroxylation is 1. The van der Waals surface area contributed by atoms with Crippen LogP contribution in [-0.4, -0.2) is 55.4 Å². The van der Waals surface area contributed by atoms with Gasteiger partial charge < -0.3 is 19.7 Å². The lowest BCUT2D eigenvalue weighted by Gasteiger charge is -2.03. The number of esters is 2. The van der Waals surface area contributed by atoms with E-state index in [2.05, 4.69) is 9.47 Å². The third-order valence-electron chi connectivity index (χ3n) is 4.96. The standard InChI is InChI=1S/C13H16O4.C13H18O3/c1-17-13(16)7-6-12(15)11-4-2-10(3-5-11)8-9-14;1-16-13(15)4-2-3-11-5-7-12(8-6-11)9-10-14/h2-5,14H,6-9H2,1H3;5-8,14H,2-4,9-10H2,1H3. The molecule has 0 amide bonds. The van der Waals surface area contributed by atoms with Crippen LogP contribution in [0, 0.1) is 0 Å². The van der Waals surface area contributed by atoms with Crippen LogP contribution < -0.4 is 0 Å². The summed E-state index contributed by atoms with van der Waals surface area (Å²) in [5.41, 5.74) is 3.91. The second-order valence-corrected chi connectivity index (χ2v) is 7.39. The number of aliphatic hydroxyl groups is 2. The van der Waals surface area contributed by atoms with E-state index in [0.717, 1.165) is 24.0 Å². The SMILES string of the molecule is COC(=O)CCC(=O)c1ccc(CCO)cc1.COC(=O)CCCc1ccc(CCO)cc1. The summed E-state index contributed by atoms with van der Waals surface area (Å²) >= 11 is 0. The summed E-state index contributed by atoms with van der Waals surface area (Å²) < 4.78 is 9.04. The third kappa shape index (κ3) is 12.0. The predicted molar refractivity (Wildman–Crippen MR) is 125 cm³/mol. The molecule has 0 spiro atoms. The van der Waals surface area contributed by atoms with E-state index < -0.39 is 0 Å². The largest absolute Gasteiger partial charge is 0.469 e. The van der Waals surface area contributed by atoms with Crippen LogP contribution in [0.1, 0.15) is 52.7 Å². The first kappa shape index (κ1) is 28.0. The molecule has 7 heteroatoms. The molecule has 0 heterocycles. The first-order chi connectivity index (χ1) is 15.9. The van der Waals surface area contributed by atoms with Gasteiger partial charge in [0.05, 0.1) is 20.6 Å². The van der Waals surface area contributed by atoms with Gasteiger partial charge in [-0.25, -0.2) is 0 Å². The fourth-order valence-electron chi connectivity index (χ4n) is 2.99. The Balaban J connectivity index is 0.000000331. The number of carbonyl (C=O) groups excluding carboxylic acids is 3. The third-order valence-corrected chi connectivity index (χ3v) is 4.96. The van der Waals surface area contributed by atoms with Crippen LogP contribution in [-0.2, 0) is 38.3 Å². The number of ether oxygens (including phenoxy) is 2. The monoisotopic (exact) mass is 458 g/mol. The zero-order valence-corrected chi connectivity index (χ0v) is 19.4. The highest BCUT2D eigenvalue weighted by molar-refractivity contribution is 5.97. The predicted octanol–water partition coefficient (Wildman–Crippen LogP) is 3.07. The zero-order chi connectivity index (χ0) is 24.5. The molecule has 0 fully saturated rings. The molecule has 33 heavy (non-hydrogen) atoms. The van der Waals surface area contributed by atoms with E-state index in [1.165, 1.54) is 19.8 Å². The van der Waals surface area contributed by atoms with Crippen molar-refractivity contribution < 1.29 is 34.1 Å². The van der Waals surface area contributed by atoms with E-state index >= 15 is 0 Å². The lowest BCUT2D eigenvalue weighted by molar-refractivity contribution is -0.141. The molecule has 2 rings (SSSR count). The number of methoxy groups -OCH3 is 2. The molecule has 2 N–H and O–H groups in total. The Hall–Kier alpha value is -3.03. The maximum Gasteiger partial charge on any atom is 0.305 e. The lowest BCUT2D eigenvalue weighted by atomic mass is 10.0. The Morgan fingerprint density at radius 3 is 1.52 bits per heavy atom. The summed E-state index contributed by atoms with van der Waals surface area (Å²) in [4.78, 5) is 33.5. The fraction of sp³-hybridized carbons (Fsp3) is 0.423. The summed E-state index contributed by atoms with van der Waals surface area (Å²) in [5, 5.41) is 17.5. The molecule has 0 aliphatic heterocycles. The van der Waals surface area contributed by atoms with Crippen LogP contribution in [0.4, 0.5) is 0 Å². The minimum atomic E-state index is -0.379. The van der Waals surface area contributed by atoms with Gasteiger partial charge in [-0.05, 0) is 42.4 Å². The molecule has 0 saturated carbocycles. The van der Waals surface area contributed by atoms with Gasteiger partial charge in [0.2, 0.25) is 0 Å². The maximum atomic E-state index is 11.7. The smallest absolute Gasteiger partial charge is 0.305 e. The van der Waals surface area contributed by atoms with Crippen LogP contribution in [0.2, 0.25) is 0 Å². The average molecular weight is 459 g/mol. The van der Waals surface area contributed by atoms with Gasteiger partial charge in [0.1, 0.15) is 0 Å². The van der Waals surface area contributed by atoms with Crippen molar-refractivity contribution in [3.8, 4) is 0 Å². The first-order valence-corrected chi connectivity index (χ1v) is 11.0. The Morgan fingerprint density at radius 1 is 0.636 bits per heavy atom. The van der Waals surface area contributed by atoms with Crippen LogP contribution >= 0.6 is 0 Å². The van der Waals surface area contributed by atoms with E-state index in [1.807, 2.05) is 36.4 Å². The van der Waals surface area contributed by atoms with Gasteiger partial charge in [-0.3, -0.25) is 14.4 Å². The summed E-state index contributed by atoms with van der Waals surface area (Å²) in [7, 11) is 2.71. The number of carbonyl (C=O) groups is 3. The summed E-state index contributed by atoms with van der Waals surface area (Å²) in [6.07, 6.45) is 3.70. The molecular weight excluding hydrogens is 424 g/mol. The normalized spacial score (nSPS) is 10.1. The van der Waals surface area contributed by atoms with Gasteiger partial charge in [-0.1, -0.05) is 48.5 Å². The number of aliphatic hydroxyl groups excluding tert-OH is 2. The number of Topliss-reactive ketones (excluding diaryl/α,β-unsaturated/α-hetero) is 1. The molecule has 0 unspecified atom stereocenters. The van der Waals surface area contributed by atoms with Crippen molar-refractivity contribution in [2.24, 2.45) is 0 Å². The van der Waals surface area contributed by atoms with Gasteiger partial charge in [0.25, 0.3) is 0 Å². The van der Waals surface area contributed by atoms with Crippen LogP contribution in [0.5, 0.6) is 0 Å². The van der Waals surface area contributed by atoms with E-state index in [0.29, 0.717) is 24.8 Å². The molecule has 0 aliphatic rings. The van der Waals surface area contributed by atoms with Crippen molar-refractivity contribution in [1.29, 1.82) is 0 Å². The highest BCUT2D eigenvalue weighted by atomic mass is 16.5. The number of hydrogen-bond donors (Lipinski definition) is 2. The number of ketones is 1. The Bertz CT molecular complexity index is 842. The highest BCUT2D eigenvalue weighted by Gasteiger charge is 2.09. The number of hydrogen-bond acceptors (Lipinski definition) is 7. The van der Waals surface area contributed by atoms with Crippen LogP contribution in [0.3, 0.4) is 0 Å². The molecule has 0 bridgehead atoms. The van der Waals surface area contributed by atoms with Crippen molar-refractivity contribution in [1.82, 2.24) is 0 Å². The molecule has 0 aromatic heterocycles. The van der Waals surface area contributed by atoms with Crippen LogP contribution in [0.25, 0.3) is 0 Å². The van der Waals surface area contributed by atoms with Gasteiger partial charge in [0, 0.05) is 31.6 Å². The van der Waals surface area contributed by atoms with Crippen molar-refractivity contribution in [2.75, 3.05) is 27.4 Å². The molecule has 0 radical (unpaired) electrons. The van der Waals surface area contributed by atoms with E-state index in [9.17, 15) is 14.4 Å². The topological polar surface area (TPSA) is 110 Å². The van der Waals surface area contributed by atoms with Gasteiger partial charge >= 0.3 is 11.9 Å². The maximum absolute atomic E-state index is 11.7. The first-order valence-electron chi connectivity index (χ1n) is 11.0. The summed E-state index contributed by atoms with van der Waals surface area (Å²) in [6.45, 7) is 0.275. The van der Waals surface area contributed by atoms with Gasteiger partial charge in [-0.2, -0.15) is 0 Å². The second-order valence-electron chi connectivity index (χ2n) is 7.39. The van der Waals surface area contributed by atoms with Crippen molar-refractivity contribution >= 4 is 17.7 Å². The zero-order valence-electron chi connectivity index (χ0n) is 19.4. The molecule has 7 nitrogen and oxygen atoms in total. The minimum absolute atomic E-state index is 0.0778. The van der Waals surface area contributed by atoms with Crippen molar-refractivity contribution in [3.63, 3.8) is 0 Å². The lowest BCUT2D eigenvalue weighted by Crippen LogP contribution is -2.06. The van der Waals surface area contributed by atoms with Crippen molar-refractivity contribution in [2.45, 2.75) is 44.9 Å². The fourth-order valence-corrected chi connectivity index (χ4v) is 2.99. The molecule has 2 aromatic rings. The second kappa shape index (κ2) is 16.6. The van der Waals surface area contributed by atoms with Crippen molar-refractivity contribution in [3.05, 3.63) is 70.8 Å². The molecule has 0 saturated heterocycles. The van der Waals surface area contributed by atoms with E-state index in [-0.39, 0.29) is 43.8 Å². The average Bonchev–Trinajstić information content (AvgIpc) is 2.84.